The molecule has 1 heterocycles. The molecule has 1 aromatic rings. The molecule has 0 saturated heterocycles. The third-order valence-corrected chi connectivity index (χ3v) is 2.86. The number of carbonyl (C=O) groups is 1. The summed E-state index contributed by atoms with van der Waals surface area (Å²) < 4.78 is 10.9. The highest BCUT2D eigenvalue weighted by Crippen LogP contribution is 2.07. The zero-order valence-electron chi connectivity index (χ0n) is 11.0. The Balaban J connectivity index is 2.08. The first kappa shape index (κ1) is 16.1. The molecule has 0 atom stereocenters. The van der Waals surface area contributed by atoms with Gasteiger partial charge < -0.3 is 14.8 Å². The van der Waals surface area contributed by atoms with E-state index in [1.165, 1.54) is 0 Å². The van der Waals surface area contributed by atoms with E-state index in [1.807, 2.05) is 0 Å². The zero-order valence-corrected chi connectivity index (χ0v) is 12.6. The molecule has 0 aliphatic heterocycles. The molecule has 0 fully saturated rings. The molecule has 0 unspecified atom stereocenters. The number of aromatic nitrogens is 1. The van der Waals surface area contributed by atoms with Gasteiger partial charge in [0.15, 0.2) is 0 Å². The Morgan fingerprint density at radius 1 is 1.37 bits per heavy atom. The van der Waals surface area contributed by atoms with Crippen molar-refractivity contribution in [3.63, 3.8) is 0 Å². The van der Waals surface area contributed by atoms with E-state index in [-0.39, 0.29) is 5.91 Å². The minimum atomic E-state index is -0.0802. The number of hydrogen-bond acceptors (Lipinski definition) is 4. The maximum atomic E-state index is 11.8. The molecule has 0 aliphatic carbocycles. The molecule has 5 nitrogen and oxygen atoms in total. The Labute approximate surface area is 121 Å². The molecule has 0 radical (unpaired) electrons. The molecule has 19 heavy (non-hydrogen) atoms. The highest BCUT2D eigenvalue weighted by molar-refractivity contribution is 9.10. The third kappa shape index (κ3) is 7.25. The van der Waals surface area contributed by atoms with Crippen molar-refractivity contribution < 1.29 is 14.3 Å². The number of methoxy groups -OCH3 is 1. The Hall–Kier alpha value is -0.980. The number of halogens is 1. The number of pyridine rings is 1. The number of unbranched alkanes of at least 4 members (excludes halogenated alkanes) is 1. The van der Waals surface area contributed by atoms with Crippen molar-refractivity contribution in [2.75, 3.05) is 33.5 Å². The molecule has 6 heteroatoms. The van der Waals surface area contributed by atoms with Crippen molar-refractivity contribution in [3.05, 3.63) is 28.5 Å². The largest absolute Gasteiger partial charge is 0.382 e. The second kappa shape index (κ2) is 9.89. The first-order valence-electron chi connectivity index (χ1n) is 6.20. The van der Waals surface area contributed by atoms with Gasteiger partial charge in [-0.1, -0.05) is 0 Å². The van der Waals surface area contributed by atoms with Crippen LogP contribution in [0.15, 0.2) is 22.9 Å². The van der Waals surface area contributed by atoms with Gasteiger partial charge in [0.25, 0.3) is 5.91 Å². The molecule has 0 saturated carbocycles. The molecular weight excluding hydrogens is 312 g/mol. The fraction of sp³-hybridized carbons (Fsp3) is 0.538. The van der Waals surface area contributed by atoms with Gasteiger partial charge in [0.1, 0.15) is 4.60 Å². The Morgan fingerprint density at radius 2 is 2.21 bits per heavy atom. The van der Waals surface area contributed by atoms with E-state index in [4.69, 9.17) is 9.47 Å². The van der Waals surface area contributed by atoms with Gasteiger partial charge in [-0.05, 0) is 40.9 Å². The van der Waals surface area contributed by atoms with Crippen LogP contribution in [-0.2, 0) is 9.47 Å². The van der Waals surface area contributed by atoms with E-state index in [0.29, 0.717) is 36.5 Å². The predicted molar refractivity (Wildman–Crippen MR) is 76.2 cm³/mol. The van der Waals surface area contributed by atoms with Gasteiger partial charge >= 0.3 is 0 Å². The quantitative estimate of drug-likeness (QED) is 0.556. The van der Waals surface area contributed by atoms with E-state index in [2.05, 4.69) is 26.2 Å². The summed E-state index contributed by atoms with van der Waals surface area (Å²) in [6.07, 6.45) is 3.41. The summed E-state index contributed by atoms with van der Waals surface area (Å²) >= 11 is 3.24. The fourth-order valence-electron chi connectivity index (χ4n) is 1.42. The fourth-order valence-corrected chi connectivity index (χ4v) is 1.79. The number of carbonyl (C=O) groups excluding carboxylic acids is 1. The third-order valence-electron chi connectivity index (χ3n) is 2.42. The SMILES string of the molecule is COCCOCCCCNC(=O)c1ccnc(Br)c1. The summed E-state index contributed by atoms with van der Waals surface area (Å²) in [5.74, 6) is -0.0802. The van der Waals surface area contributed by atoms with Gasteiger partial charge in [-0.15, -0.1) is 0 Å². The van der Waals surface area contributed by atoms with Crippen LogP contribution in [0.4, 0.5) is 0 Å². The molecular formula is C13H19BrN2O3. The number of nitrogens with one attached hydrogen (secondary N) is 1. The molecule has 106 valence electrons. The number of hydrogen-bond donors (Lipinski definition) is 1. The molecule has 0 aromatic carbocycles. The van der Waals surface area contributed by atoms with Crippen LogP contribution in [-0.4, -0.2) is 44.4 Å². The normalized spacial score (nSPS) is 10.4. The maximum absolute atomic E-state index is 11.8. The molecule has 1 rings (SSSR count). The Bertz CT molecular complexity index is 388. The lowest BCUT2D eigenvalue weighted by molar-refractivity contribution is 0.0686. The molecule has 1 N–H and O–H groups in total. The first-order valence-corrected chi connectivity index (χ1v) is 7.00. The van der Waals surface area contributed by atoms with Gasteiger partial charge in [-0.25, -0.2) is 4.98 Å². The molecule has 0 aliphatic rings. The van der Waals surface area contributed by atoms with Crippen molar-refractivity contribution in [2.24, 2.45) is 0 Å². The van der Waals surface area contributed by atoms with E-state index in [0.717, 1.165) is 12.8 Å². The summed E-state index contributed by atoms with van der Waals surface area (Å²) in [5.41, 5.74) is 0.609. The van der Waals surface area contributed by atoms with Gasteiger partial charge in [-0.2, -0.15) is 0 Å². The number of rotatable bonds is 9. The van der Waals surface area contributed by atoms with Crippen molar-refractivity contribution in [1.82, 2.24) is 10.3 Å². The van der Waals surface area contributed by atoms with E-state index in [1.54, 1.807) is 25.4 Å². The van der Waals surface area contributed by atoms with Crippen LogP contribution in [0.5, 0.6) is 0 Å². The maximum Gasteiger partial charge on any atom is 0.251 e. The van der Waals surface area contributed by atoms with Gasteiger partial charge in [-0.3, -0.25) is 4.79 Å². The summed E-state index contributed by atoms with van der Waals surface area (Å²) in [6.45, 7) is 2.58. The highest BCUT2D eigenvalue weighted by atomic mass is 79.9. The van der Waals surface area contributed by atoms with E-state index >= 15 is 0 Å². The Kier molecular flexibility index (Phi) is 8.36. The van der Waals surface area contributed by atoms with Crippen LogP contribution in [0.25, 0.3) is 0 Å². The summed E-state index contributed by atoms with van der Waals surface area (Å²) in [4.78, 5) is 15.7. The number of amides is 1. The van der Waals surface area contributed by atoms with Crippen molar-refractivity contribution >= 4 is 21.8 Å². The average molecular weight is 331 g/mol. The summed E-state index contributed by atoms with van der Waals surface area (Å²) in [6, 6.07) is 3.39. The van der Waals surface area contributed by atoms with Crippen LogP contribution in [0.3, 0.4) is 0 Å². The van der Waals surface area contributed by atoms with Crippen LogP contribution in [0, 0.1) is 0 Å². The van der Waals surface area contributed by atoms with Crippen LogP contribution in [0.2, 0.25) is 0 Å². The van der Waals surface area contributed by atoms with E-state index < -0.39 is 0 Å². The molecule has 1 amide bonds. The zero-order chi connectivity index (χ0) is 13.9. The molecule has 0 spiro atoms. The monoisotopic (exact) mass is 330 g/mol. The Morgan fingerprint density at radius 3 is 2.95 bits per heavy atom. The van der Waals surface area contributed by atoms with Crippen molar-refractivity contribution in [1.29, 1.82) is 0 Å². The second-order valence-corrected chi connectivity index (χ2v) is 4.75. The van der Waals surface area contributed by atoms with Crippen LogP contribution < -0.4 is 5.32 Å². The number of nitrogens with zero attached hydrogens (tertiary/aromatic N) is 1. The lowest BCUT2D eigenvalue weighted by Gasteiger charge is -2.06. The lowest BCUT2D eigenvalue weighted by Crippen LogP contribution is -2.24. The summed E-state index contributed by atoms with van der Waals surface area (Å²) in [7, 11) is 1.65. The van der Waals surface area contributed by atoms with Crippen LogP contribution >= 0.6 is 15.9 Å². The van der Waals surface area contributed by atoms with Gasteiger partial charge in [0.2, 0.25) is 0 Å². The number of ether oxygens (including phenoxy) is 2. The first-order chi connectivity index (χ1) is 9.24. The van der Waals surface area contributed by atoms with Crippen LogP contribution in [0.1, 0.15) is 23.2 Å². The van der Waals surface area contributed by atoms with Gasteiger partial charge in [0, 0.05) is 32.0 Å². The second-order valence-electron chi connectivity index (χ2n) is 3.94. The molecule has 1 aromatic heterocycles. The smallest absolute Gasteiger partial charge is 0.251 e. The minimum absolute atomic E-state index is 0.0802. The predicted octanol–water partition coefficient (Wildman–Crippen LogP) is 2.02. The van der Waals surface area contributed by atoms with Gasteiger partial charge in [0.05, 0.1) is 13.2 Å². The standard InChI is InChI=1S/C13H19BrN2O3/c1-18-8-9-19-7-3-2-5-16-13(17)11-4-6-15-12(14)10-11/h4,6,10H,2-3,5,7-9H2,1H3,(H,16,17). The van der Waals surface area contributed by atoms with Crippen molar-refractivity contribution in [2.45, 2.75) is 12.8 Å². The topological polar surface area (TPSA) is 60.5 Å². The van der Waals surface area contributed by atoms with E-state index in [9.17, 15) is 4.79 Å². The molecule has 0 bridgehead atoms. The lowest BCUT2D eigenvalue weighted by atomic mass is 10.2. The minimum Gasteiger partial charge on any atom is -0.382 e. The average Bonchev–Trinajstić information content (AvgIpc) is 2.41. The highest BCUT2D eigenvalue weighted by Gasteiger charge is 2.04. The van der Waals surface area contributed by atoms with Crippen molar-refractivity contribution in [3.8, 4) is 0 Å². The summed E-state index contributed by atoms with van der Waals surface area (Å²) in [5, 5.41) is 2.86.